The predicted octanol–water partition coefficient (Wildman–Crippen LogP) is 17.9. The van der Waals surface area contributed by atoms with Gasteiger partial charge < -0.3 is 28.3 Å². The summed E-state index contributed by atoms with van der Waals surface area (Å²) in [5.74, 6) is -0.983. The first-order chi connectivity index (χ1) is 55.0. The molecule has 0 unspecified atom stereocenters. The number of nitrogens with zero attached hydrogens (tertiary/aromatic N) is 15. The second kappa shape index (κ2) is 39.8. The van der Waals surface area contributed by atoms with E-state index in [2.05, 4.69) is 98.6 Å². The maximum Gasteiger partial charge on any atom is 0.264 e. The molecule has 0 saturated carbocycles. The second-order valence-corrected chi connectivity index (χ2v) is 40.8. The molecule has 0 aliphatic heterocycles. The maximum atomic E-state index is 14.3. The van der Waals surface area contributed by atoms with Gasteiger partial charge >= 0.3 is 123 Å². The molecule has 9 N–H and O–H groups in total. The van der Waals surface area contributed by atoms with Gasteiger partial charge in [-0.3, -0.25) is 28.1 Å². The second-order valence-electron chi connectivity index (χ2n) is 26.8. The van der Waals surface area contributed by atoms with Gasteiger partial charge in [0, 0.05) is 52.7 Å². The summed E-state index contributed by atoms with van der Waals surface area (Å²) < 4.78 is 52.1. The summed E-state index contributed by atoms with van der Waals surface area (Å²) >= 11 is 9.45. The number of hydrogen-bond acceptors (Lipinski definition) is 18. The Kier molecular flexibility index (Phi) is 29.4. The molecule has 8 heterocycles. The molecule has 0 aliphatic rings. The van der Waals surface area contributed by atoms with E-state index in [-0.39, 0.29) is 57.0 Å². The number of unbranched alkanes of at least 4 members (excludes halogenated alkanes) is 3. The Morgan fingerprint density at radius 1 is 0.474 bits per heavy atom. The Labute approximate surface area is 670 Å². The van der Waals surface area contributed by atoms with Crippen molar-refractivity contribution < 1.29 is 13.2 Å². The molecule has 0 spiro atoms. The number of benzene rings is 6. The van der Waals surface area contributed by atoms with Gasteiger partial charge in [0.25, 0.3) is 16.7 Å². The molecule has 3 atom stereocenters. The summed E-state index contributed by atoms with van der Waals surface area (Å²) in [6, 6.07) is 44.1. The fourth-order valence-corrected chi connectivity index (χ4v) is 29.4. The first kappa shape index (κ1) is 84.3. The fourth-order valence-electron chi connectivity index (χ4n) is 13.4. The molecule has 14 rings (SSSR count). The van der Waals surface area contributed by atoms with Gasteiger partial charge in [-0.15, -0.1) is 0 Å². The summed E-state index contributed by atoms with van der Waals surface area (Å²) in [6.45, 7) is 26.3. The van der Waals surface area contributed by atoms with Crippen LogP contribution in [0.5, 0.6) is 0 Å². The van der Waals surface area contributed by atoms with E-state index in [0.29, 0.717) is 66.3 Å². The summed E-state index contributed by atoms with van der Waals surface area (Å²) in [4.78, 5) is 62.1. The molecule has 6 aromatic carbocycles. The molecule has 0 fully saturated rings. The minimum Gasteiger partial charge on any atom is -0.371 e. The van der Waals surface area contributed by atoms with Crippen molar-refractivity contribution >= 4 is 107 Å². The Balaban J connectivity index is 0.000000158. The largest absolute Gasteiger partial charge is 0.371 e. The van der Waals surface area contributed by atoms with Crippen LogP contribution in [0.25, 0.3) is 81.3 Å². The Morgan fingerprint density at radius 3 is 1.27 bits per heavy atom. The van der Waals surface area contributed by atoms with Gasteiger partial charge in [-0.05, 0) is 139 Å². The number of fused-ring (bicyclic) bond motifs is 3. The molecule has 23 nitrogen and oxygen atoms in total. The molecule has 0 radical (unpaired) electrons. The molecule has 14 aromatic rings. The first-order valence-electron chi connectivity index (χ1n) is 36.8. The van der Waals surface area contributed by atoms with E-state index in [4.69, 9.17) is 59.3 Å². The minimum atomic E-state index is -2.20. The number of pyridine rings is 3. The number of halogens is 5. The third kappa shape index (κ3) is 20.4. The van der Waals surface area contributed by atoms with E-state index < -0.39 is 47.9 Å². The van der Waals surface area contributed by atoms with Gasteiger partial charge in [-0.1, -0.05) is 89.9 Å². The van der Waals surface area contributed by atoms with Crippen molar-refractivity contribution in [2.75, 3.05) is 16.8 Å². The van der Waals surface area contributed by atoms with Gasteiger partial charge in [0.1, 0.15) is 28.4 Å². The molecule has 0 aliphatic carbocycles. The van der Waals surface area contributed by atoms with Crippen molar-refractivity contribution in [1.82, 2.24) is 64.2 Å². The van der Waals surface area contributed by atoms with Crippen LogP contribution in [0, 0.1) is 30.6 Å². The van der Waals surface area contributed by atoms with Crippen molar-refractivity contribution in [2.45, 2.75) is 112 Å². The number of hydrogen-bond donors (Lipinski definition) is 5. The quantitative estimate of drug-likeness (QED) is 0.0269. The van der Waals surface area contributed by atoms with Crippen LogP contribution < -0.4 is 48.5 Å². The average molecular weight is 1680 g/mol. The number of nitrogen functional groups attached to an aromatic ring is 2. The number of anilines is 3. The van der Waals surface area contributed by atoms with E-state index in [1.807, 2.05) is 73.8 Å². The SMILES string of the molecule is CCC[CH2][Sn]([CH2]CCC)([CH2]CCC)[c]1ccnnc1.C[C@H](N)c1cc2cccc(-c3ccnnc3)c2c(=O)n1-c1cccc(F)c1.C[C@H](N)c1cc2cccc(Cl)c2c(=O)n1-c1cccc(F)c1.[C-]#[N+]c1cnc(N)nc1Cl.[C-]#[N+]c1cnc(N)nc1N[C@@H](C)c1cc2cccc(-c3ccnnc3)c2c(=O)n1-c1cccc(F)c1. The summed E-state index contributed by atoms with van der Waals surface area (Å²) in [7, 11) is 0. The molecule has 0 saturated heterocycles. The number of nitrogens with one attached hydrogen (secondary N) is 1. The molecule has 0 bridgehead atoms. The third-order valence-corrected chi connectivity index (χ3v) is 35.0. The Bertz CT molecular complexity index is 5950. The molecule has 114 heavy (non-hydrogen) atoms. The van der Waals surface area contributed by atoms with E-state index in [1.165, 1.54) is 114 Å². The van der Waals surface area contributed by atoms with Gasteiger partial charge in [-0.2, -0.15) is 20.4 Å². The van der Waals surface area contributed by atoms with Crippen molar-refractivity contribution in [3.8, 4) is 39.3 Å². The average Bonchev–Trinajstić information content (AvgIpc) is 0.765. The van der Waals surface area contributed by atoms with Gasteiger partial charge in [0.15, 0.2) is 0 Å². The normalized spacial score (nSPS) is 11.7. The van der Waals surface area contributed by atoms with Crippen LogP contribution in [0.4, 0.5) is 42.3 Å². The predicted molar refractivity (Wildman–Crippen MR) is 450 cm³/mol. The zero-order valence-corrected chi connectivity index (χ0v) is 67.8. The van der Waals surface area contributed by atoms with Crippen molar-refractivity contribution in [2.24, 2.45) is 11.5 Å². The first-order valence-corrected chi connectivity index (χ1v) is 45.0. The van der Waals surface area contributed by atoms with Gasteiger partial charge in [0.2, 0.25) is 23.3 Å². The third-order valence-electron chi connectivity index (χ3n) is 18.9. The molecule has 29 heteroatoms. The van der Waals surface area contributed by atoms with Crippen molar-refractivity contribution in [3.05, 3.63) is 312 Å². The van der Waals surface area contributed by atoms with Crippen LogP contribution in [0.3, 0.4) is 0 Å². The van der Waals surface area contributed by atoms with Crippen LogP contribution >= 0.6 is 23.2 Å². The standard InChI is InChI=1S/C26H19FN8O.C21H17FN4O.C17H14ClFN2O.C5H3ClN4.C4H3N2.3C4H9.Sn/c1-15(33-24-21(29-2)14-30-26(28)34-24)22-11-16-5-3-8-20(17-9-10-31-32-13-17)23(16)25(36)35(22)19-7-4-6-18(27)12-19;1-13(23)19-10-14-4-2-7-18(15-8-9-24-25-12-15)20(14)21(27)26(19)17-6-3-5-16(22)11-17;1-10(20)15-8-11-4-2-7-14(18)16(11)17(22)21(15)13-6-3-5-12(19)9-13;1-8-3-2-9-5(7)10-4(3)6;1-2-4-6-5-3-1;3*1-3-4-2;/h3-15H,1H3,(H3,28,30,33,34);2-13H,23H2,1H3;2-10H,20H2,1H3;2H,(H2,7,9,10);1,3-4H;3*1,3-4H2,2H3;/t15-;13-;10-;;;;;;/m000....../s1. The Hall–Kier alpha value is -12.2. The van der Waals surface area contributed by atoms with Gasteiger partial charge in [0.05, 0.1) is 82.2 Å². The van der Waals surface area contributed by atoms with Crippen LogP contribution in [-0.4, -0.2) is 82.6 Å². The smallest absolute Gasteiger partial charge is 0.264 e. The van der Waals surface area contributed by atoms with Crippen LogP contribution in [0.1, 0.15) is 115 Å². The van der Waals surface area contributed by atoms with E-state index in [0.717, 1.165) is 27.5 Å². The van der Waals surface area contributed by atoms with Crippen molar-refractivity contribution in [1.29, 1.82) is 0 Å². The van der Waals surface area contributed by atoms with E-state index in [9.17, 15) is 27.6 Å². The zero-order chi connectivity index (χ0) is 81.6. The number of nitrogens with two attached hydrogens (primary N) is 4. The summed E-state index contributed by atoms with van der Waals surface area (Å²) in [6.07, 6.45) is 21.2. The van der Waals surface area contributed by atoms with Gasteiger partial charge in [-0.25, -0.2) is 42.8 Å². The summed E-state index contributed by atoms with van der Waals surface area (Å²) in [5.41, 5.74) is 28.5. The van der Waals surface area contributed by atoms with Crippen LogP contribution in [-0.2, 0) is 0 Å². The number of rotatable bonds is 20. The van der Waals surface area contributed by atoms with Crippen molar-refractivity contribution in [3.63, 3.8) is 0 Å². The molecule has 0 amide bonds. The van der Waals surface area contributed by atoms with E-state index in [1.54, 1.807) is 103 Å². The minimum absolute atomic E-state index is 0.00809. The maximum absolute atomic E-state index is 14.3. The summed E-state index contributed by atoms with van der Waals surface area (Å²) in [5, 5.41) is 30.8. The molecular formula is C85H83Cl2F3N20O3Sn. The molecule has 580 valence electrons. The monoisotopic (exact) mass is 1680 g/mol. The van der Waals surface area contributed by atoms with Crippen LogP contribution in [0.15, 0.2) is 228 Å². The van der Waals surface area contributed by atoms with E-state index >= 15 is 0 Å². The fraction of sp³-hybridized carbons (Fsp3) is 0.212. The zero-order valence-electron chi connectivity index (χ0n) is 63.4. The Morgan fingerprint density at radius 2 is 0.868 bits per heavy atom. The molecule has 8 aromatic heterocycles. The molecular weight excluding hydrogens is 1600 g/mol. The topological polar surface area (TPSA) is 320 Å². The number of aromatic nitrogens is 13. The van der Waals surface area contributed by atoms with Crippen LogP contribution in [0.2, 0.25) is 23.5 Å².